The lowest BCUT2D eigenvalue weighted by Gasteiger charge is -2.34. The van der Waals surface area contributed by atoms with Crippen LogP contribution in [0.1, 0.15) is 22.9 Å². The summed E-state index contributed by atoms with van der Waals surface area (Å²) in [5, 5.41) is 4.35. The van der Waals surface area contributed by atoms with E-state index in [0.717, 1.165) is 22.4 Å². The number of rotatable bonds is 5. The normalized spacial score (nSPS) is 19.5. The first-order valence-corrected chi connectivity index (χ1v) is 11.7. The van der Waals surface area contributed by atoms with Crippen molar-refractivity contribution >= 4 is 46.6 Å². The van der Waals surface area contributed by atoms with Gasteiger partial charge in [0.15, 0.2) is 6.04 Å². The van der Waals surface area contributed by atoms with Crippen LogP contribution < -0.4 is 5.32 Å². The first-order valence-electron chi connectivity index (χ1n) is 9.74. The van der Waals surface area contributed by atoms with Crippen molar-refractivity contribution in [3.05, 3.63) is 57.3 Å². The van der Waals surface area contributed by atoms with Crippen LogP contribution in [0.25, 0.3) is 0 Å². The number of amides is 1. The number of carbonyl (C=O) groups excluding carboxylic acids is 1. The Labute approximate surface area is 192 Å². The van der Waals surface area contributed by atoms with Gasteiger partial charge in [-0.15, -0.1) is 0 Å². The molecule has 2 aromatic rings. The second-order valence-electron chi connectivity index (χ2n) is 7.85. The Balaban J connectivity index is 1.47. The third kappa shape index (κ3) is 4.61. The van der Waals surface area contributed by atoms with E-state index >= 15 is 0 Å². The van der Waals surface area contributed by atoms with Gasteiger partial charge in [-0.1, -0.05) is 29.3 Å². The molecule has 1 saturated heterocycles. The second-order valence-corrected chi connectivity index (χ2v) is 9.71. The van der Waals surface area contributed by atoms with Gasteiger partial charge in [-0.25, -0.2) is 0 Å². The van der Waals surface area contributed by atoms with Gasteiger partial charge in [-0.3, -0.25) is 9.78 Å². The molecule has 0 saturated carbocycles. The zero-order chi connectivity index (χ0) is 22.3. The molecular weight excluding hydrogens is 470 g/mol. The van der Waals surface area contributed by atoms with Crippen molar-refractivity contribution in [2.45, 2.75) is 31.1 Å². The fraction of sp³-hybridized carbons (Fsp3) is 0.429. The minimum atomic E-state index is -4.62. The molecule has 2 heterocycles. The van der Waals surface area contributed by atoms with E-state index in [-0.39, 0.29) is 17.7 Å². The molecule has 1 aliphatic heterocycles. The van der Waals surface area contributed by atoms with Crippen LogP contribution >= 0.6 is 35.0 Å². The van der Waals surface area contributed by atoms with Gasteiger partial charge in [0.05, 0.1) is 33.5 Å². The summed E-state index contributed by atoms with van der Waals surface area (Å²) in [6.45, 7) is 0. The number of hydrogen-bond donors (Lipinski definition) is 1. The Kier molecular flexibility index (Phi) is 6.34. The fourth-order valence-corrected chi connectivity index (χ4v) is 5.19. The molecule has 1 fully saturated rings. The van der Waals surface area contributed by atoms with Crippen molar-refractivity contribution in [1.82, 2.24) is 9.88 Å². The summed E-state index contributed by atoms with van der Waals surface area (Å²) in [5.74, 6) is 0.265. The van der Waals surface area contributed by atoms with Crippen molar-refractivity contribution in [3.8, 4) is 0 Å². The first-order chi connectivity index (χ1) is 14.6. The van der Waals surface area contributed by atoms with Crippen LogP contribution in [0.3, 0.4) is 0 Å². The van der Waals surface area contributed by atoms with Gasteiger partial charge in [-0.2, -0.15) is 24.9 Å². The third-order valence-electron chi connectivity index (χ3n) is 5.68. The highest BCUT2D eigenvalue weighted by molar-refractivity contribution is 8.00. The molecule has 10 heteroatoms. The van der Waals surface area contributed by atoms with E-state index < -0.39 is 18.1 Å². The van der Waals surface area contributed by atoms with Crippen LogP contribution in [0.15, 0.2) is 30.5 Å². The molecule has 2 aliphatic rings. The lowest BCUT2D eigenvalue weighted by atomic mass is 10.1. The molecule has 166 valence electrons. The highest BCUT2D eigenvalue weighted by Gasteiger charge is 2.47. The van der Waals surface area contributed by atoms with Crippen LogP contribution in [0, 0.1) is 5.92 Å². The molecule has 1 N–H and O–H groups in total. The number of aromatic nitrogens is 1. The van der Waals surface area contributed by atoms with E-state index in [2.05, 4.69) is 10.3 Å². The molecule has 4 nitrogen and oxygen atoms in total. The molecule has 0 radical (unpaired) electrons. The predicted octanol–water partition coefficient (Wildman–Crippen LogP) is 5.39. The van der Waals surface area contributed by atoms with Gasteiger partial charge < -0.3 is 10.2 Å². The van der Waals surface area contributed by atoms with Crippen LogP contribution in [0.5, 0.6) is 0 Å². The Morgan fingerprint density at radius 1 is 1.23 bits per heavy atom. The molecule has 1 aromatic heterocycles. The molecule has 1 amide bonds. The van der Waals surface area contributed by atoms with Crippen molar-refractivity contribution in [1.29, 1.82) is 0 Å². The van der Waals surface area contributed by atoms with Gasteiger partial charge >= 0.3 is 6.18 Å². The number of hydrogen-bond acceptors (Lipinski definition) is 4. The molecule has 0 bridgehead atoms. The van der Waals surface area contributed by atoms with Gasteiger partial charge in [0.2, 0.25) is 5.91 Å². The Hall–Kier alpha value is -1.64. The van der Waals surface area contributed by atoms with Crippen LogP contribution in [-0.4, -0.2) is 46.6 Å². The zero-order valence-corrected chi connectivity index (χ0v) is 18.9. The largest absolute Gasteiger partial charge is 0.414 e. The van der Waals surface area contributed by atoms with E-state index in [1.165, 1.54) is 19.3 Å². The topological polar surface area (TPSA) is 45.2 Å². The van der Waals surface area contributed by atoms with E-state index in [4.69, 9.17) is 23.2 Å². The maximum atomic E-state index is 13.8. The number of thioether (sulfide) groups is 1. The van der Waals surface area contributed by atoms with Gasteiger partial charge in [0.25, 0.3) is 0 Å². The number of carbonyl (C=O) groups is 1. The number of halogens is 5. The van der Waals surface area contributed by atoms with Crippen LogP contribution in [0.4, 0.5) is 18.9 Å². The first kappa shape index (κ1) is 22.6. The monoisotopic (exact) mass is 489 g/mol. The summed E-state index contributed by atoms with van der Waals surface area (Å²) in [6.07, 6.45) is -1.84. The lowest BCUT2D eigenvalue weighted by Crippen LogP contribution is -2.45. The van der Waals surface area contributed by atoms with E-state index in [0.29, 0.717) is 33.7 Å². The summed E-state index contributed by atoms with van der Waals surface area (Å²) in [7, 11) is 1.20. The Morgan fingerprint density at radius 2 is 1.97 bits per heavy atom. The van der Waals surface area contributed by atoms with Crippen molar-refractivity contribution in [3.63, 3.8) is 0 Å². The summed E-state index contributed by atoms with van der Waals surface area (Å²) >= 11 is 13.9. The summed E-state index contributed by atoms with van der Waals surface area (Å²) < 4.78 is 41.3. The highest BCUT2D eigenvalue weighted by atomic mass is 35.5. The molecule has 1 aromatic carbocycles. The number of benzene rings is 1. The van der Waals surface area contributed by atoms with E-state index in [9.17, 15) is 18.0 Å². The predicted molar refractivity (Wildman–Crippen MR) is 118 cm³/mol. The number of nitrogens with one attached hydrogen (secondary N) is 1. The maximum Gasteiger partial charge on any atom is 0.414 e. The maximum absolute atomic E-state index is 13.8. The average Bonchev–Trinajstić information content (AvgIpc) is 3.07. The molecule has 2 atom stereocenters. The fourth-order valence-electron chi connectivity index (χ4n) is 4.00. The van der Waals surface area contributed by atoms with Gasteiger partial charge in [0, 0.05) is 24.6 Å². The number of pyridine rings is 1. The van der Waals surface area contributed by atoms with Gasteiger partial charge in [-0.05, 0) is 42.2 Å². The molecule has 2 unspecified atom stereocenters. The molecule has 31 heavy (non-hydrogen) atoms. The molecule has 1 aliphatic carbocycles. The van der Waals surface area contributed by atoms with Crippen molar-refractivity contribution < 1.29 is 18.0 Å². The van der Waals surface area contributed by atoms with E-state index in [1.807, 2.05) is 6.07 Å². The molecule has 0 spiro atoms. The average molecular weight is 490 g/mol. The van der Waals surface area contributed by atoms with Crippen LogP contribution in [0.2, 0.25) is 10.0 Å². The smallest absolute Gasteiger partial charge is 0.380 e. The zero-order valence-electron chi connectivity index (χ0n) is 16.5. The number of alkyl halides is 3. The number of nitrogens with zero attached hydrogens (tertiary/aromatic N) is 2. The Bertz CT molecular complexity index is 983. The summed E-state index contributed by atoms with van der Waals surface area (Å²) in [5.41, 5.74) is 2.49. The molecule has 4 rings (SSSR count). The SMILES string of the molecule is CN(C(=O)C1CSC1)C(c1ccc(NC2Cc3ccc(Cl)c(Cl)c3C2)cn1)C(F)(F)F. The Morgan fingerprint density at radius 3 is 2.55 bits per heavy atom. The number of anilines is 1. The minimum Gasteiger partial charge on any atom is -0.380 e. The lowest BCUT2D eigenvalue weighted by molar-refractivity contribution is -0.191. The second kappa shape index (κ2) is 8.71. The molecular formula is C21H20Cl2F3N3OS. The highest BCUT2D eigenvalue weighted by Crippen LogP contribution is 2.39. The van der Waals surface area contributed by atoms with Crippen molar-refractivity contribution in [2.75, 3.05) is 23.9 Å². The third-order valence-corrected chi connectivity index (χ3v) is 7.80. The quantitative estimate of drug-likeness (QED) is 0.611. The number of fused-ring (bicyclic) bond motifs is 1. The van der Waals surface area contributed by atoms with Crippen LogP contribution in [-0.2, 0) is 17.6 Å². The minimum absolute atomic E-state index is 0.0393. The van der Waals surface area contributed by atoms with Gasteiger partial charge in [0.1, 0.15) is 0 Å². The standard InChI is InChI=1S/C21H20Cl2F3N3OS/c1-29(20(30)12-9-31-10-12)19(21(24,25)26)17-5-3-13(8-27-17)28-14-6-11-2-4-16(22)18(23)15(11)7-14/h2-5,8,12,14,19,28H,6-7,9-10H2,1H3. The van der Waals surface area contributed by atoms with Crippen molar-refractivity contribution in [2.24, 2.45) is 5.92 Å². The van der Waals surface area contributed by atoms with E-state index in [1.54, 1.807) is 23.9 Å². The summed E-state index contributed by atoms with van der Waals surface area (Å²) in [6, 6.07) is 4.56. The summed E-state index contributed by atoms with van der Waals surface area (Å²) in [4.78, 5) is 17.2.